The van der Waals surface area contributed by atoms with E-state index in [4.69, 9.17) is 0 Å². The maximum absolute atomic E-state index is 11.0. The fourth-order valence-corrected chi connectivity index (χ4v) is 3.16. The van der Waals surface area contributed by atoms with Crippen molar-refractivity contribution >= 4 is 9.84 Å². The molecule has 4 heteroatoms. The molecule has 0 aromatic heterocycles. The predicted molar refractivity (Wildman–Crippen MR) is 68.4 cm³/mol. The molecule has 2 unspecified atom stereocenters. The van der Waals surface area contributed by atoms with Crippen molar-refractivity contribution in [2.24, 2.45) is 5.92 Å². The van der Waals surface area contributed by atoms with Gasteiger partial charge in [-0.2, -0.15) is 0 Å². The minimum atomic E-state index is -2.78. The molecule has 16 heavy (non-hydrogen) atoms. The van der Waals surface area contributed by atoms with Crippen molar-refractivity contribution in [2.45, 2.75) is 51.5 Å². The van der Waals surface area contributed by atoms with Crippen LogP contribution < -0.4 is 5.32 Å². The number of sulfone groups is 1. The monoisotopic (exact) mass is 247 g/mol. The molecule has 1 rings (SSSR count). The Hall–Kier alpha value is -0.0900. The van der Waals surface area contributed by atoms with Gasteiger partial charge in [0.25, 0.3) is 0 Å². The summed E-state index contributed by atoms with van der Waals surface area (Å²) in [6.45, 7) is 3.10. The van der Waals surface area contributed by atoms with E-state index in [1.807, 2.05) is 0 Å². The van der Waals surface area contributed by atoms with Gasteiger partial charge in [0, 0.05) is 12.3 Å². The molecule has 0 amide bonds. The lowest BCUT2D eigenvalue weighted by Gasteiger charge is -2.29. The lowest BCUT2D eigenvalue weighted by molar-refractivity contribution is 0.280. The Morgan fingerprint density at radius 3 is 2.69 bits per heavy atom. The standard InChI is InChI=1S/C12H25NO2S/c1-3-11-6-4-7-12(10-11)13-8-5-9-16(2,14)15/h11-13H,3-10H2,1-2H3. The Kier molecular flexibility index (Phi) is 5.76. The molecule has 0 aromatic carbocycles. The molecule has 1 fully saturated rings. The Labute approximate surface area is 99.9 Å². The van der Waals surface area contributed by atoms with E-state index in [2.05, 4.69) is 12.2 Å². The first-order valence-electron chi connectivity index (χ1n) is 6.42. The van der Waals surface area contributed by atoms with Crippen molar-refractivity contribution in [3.8, 4) is 0 Å². The highest BCUT2D eigenvalue weighted by atomic mass is 32.2. The molecule has 0 bridgehead atoms. The van der Waals surface area contributed by atoms with Crippen LogP contribution in [0.1, 0.15) is 45.4 Å². The van der Waals surface area contributed by atoms with Crippen molar-refractivity contribution in [1.29, 1.82) is 0 Å². The molecule has 0 spiro atoms. The van der Waals surface area contributed by atoms with Crippen molar-refractivity contribution in [2.75, 3.05) is 18.6 Å². The van der Waals surface area contributed by atoms with Crippen molar-refractivity contribution in [1.82, 2.24) is 5.32 Å². The van der Waals surface area contributed by atoms with E-state index in [-0.39, 0.29) is 0 Å². The van der Waals surface area contributed by atoms with Gasteiger partial charge >= 0.3 is 0 Å². The second kappa shape index (κ2) is 6.60. The summed E-state index contributed by atoms with van der Waals surface area (Å²) in [6.07, 6.45) is 8.55. The fraction of sp³-hybridized carbons (Fsp3) is 1.00. The van der Waals surface area contributed by atoms with Gasteiger partial charge in [-0.3, -0.25) is 0 Å². The highest BCUT2D eigenvalue weighted by molar-refractivity contribution is 7.90. The van der Waals surface area contributed by atoms with Crippen molar-refractivity contribution < 1.29 is 8.42 Å². The highest BCUT2D eigenvalue weighted by Gasteiger charge is 2.19. The molecule has 3 nitrogen and oxygen atoms in total. The van der Waals surface area contributed by atoms with E-state index in [0.29, 0.717) is 11.8 Å². The zero-order valence-corrected chi connectivity index (χ0v) is 11.4. The zero-order chi connectivity index (χ0) is 12.0. The van der Waals surface area contributed by atoms with E-state index in [9.17, 15) is 8.42 Å². The molecule has 0 saturated heterocycles. The topological polar surface area (TPSA) is 46.2 Å². The average molecular weight is 247 g/mol. The summed E-state index contributed by atoms with van der Waals surface area (Å²) in [5.41, 5.74) is 0. The van der Waals surface area contributed by atoms with Gasteiger partial charge in [0.05, 0.1) is 5.75 Å². The summed E-state index contributed by atoms with van der Waals surface area (Å²) in [5.74, 6) is 1.19. The van der Waals surface area contributed by atoms with Crippen LogP contribution in [0.2, 0.25) is 0 Å². The van der Waals surface area contributed by atoms with Crippen LogP contribution in [0.4, 0.5) is 0 Å². The maximum Gasteiger partial charge on any atom is 0.147 e. The molecule has 2 atom stereocenters. The third-order valence-corrected chi connectivity index (χ3v) is 4.52. The average Bonchev–Trinajstić information content (AvgIpc) is 2.23. The smallest absolute Gasteiger partial charge is 0.147 e. The Morgan fingerprint density at radius 1 is 1.31 bits per heavy atom. The van der Waals surface area contributed by atoms with Gasteiger partial charge in [-0.15, -0.1) is 0 Å². The van der Waals surface area contributed by atoms with Crippen molar-refractivity contribution in [3.63, 3.8) is 0 Å². The number of nitrogens with one attached hydrogen (secondary N) is 1. The number of rotatable bonds is 6. The first kappa shape index (κ1) is 14.0. The van der Waals surface area contributed by atoms with Gasteiger partial charge in [0.1, 0.15) is 9.84 Å². The third kappa shape index (κ3) is 5.85. The van der Waals surface area contributed by atoms with Crippen LogP contribution in [-0.2, 0) is 9.84 Å². The largest absolute Gasteiger partial charge is 0.314 e. The van der Waals surface area contributed by atoms with Crippen molar-refractivity contribution in [3.05, 3.63) is 0 Å². The molecular formula is C12H25NO2S. The Bertz CT molecular complexity index is 287. The predicted octanol–water partition coefficient (Wildman–Crippen LogP) is 1.98. The second-order valence-electron chi connectivity index (χ2n) is 5.08. The van der Waals surface area contributed by atoms with Gasteiger partial charge in [0.15, 0.2) is 0 Å². The lowest BCUT2D eigenvalue weighted by Crippen LogP contribution is -2.35. The molecule has 96 valence electrons. The Balaban J connectivity index is 2.13. The molecule has 0 aromatic rings. The van der Waals surface area contributed by atoms with E-state index in [1.165, 1.54) is 38.4 Å². The van der Waals surface area contributed by atoms with Crippen LogP contribution in [0, 0.1) is 5.92 Å². The summed E-state index contributed by atoms with van der Waals surface area (Å²) < 4.78 is 21.9. The van der Waals surface area contributed by atoms with E-state index < -0.39 is 9.84 Å². The maximum atomic E-state index is 11.0. The van der Waals surface area contributed by atoms with Crippen LogP contribution in [0.3, 0.4) is 0 Å². The van der Waals surface area contributed by atoms with Crippen LogP contribution in [0.25, 0.3) is 0 Å². The van der Waals surface area contributed by atoms with E-state index in [0.717, 1.165) is 18.9 Å². The summed E-state index contributed by atoms with van der Waals surface area (Å²) in [4.78, 5) is 0. The summed E-state index contributed by atoms with van der Waals surface area (Å²) in [7, 11) is -2.78. The second-order valence-corrected chi connectivity index (χ2v) is 7.34. The van der Waals surface area contributed by atoms with Crippen LogP contribution in [0.5, 0.6) is 0 Å². The fourth-order valence-electron chi connectivity index (χ4n) is 2.49. The molecule has 0 heterocycles. The lowest BCUT2D eigenvalue weighted by atomic mass is 9.84. The minimum Gasteiger partial charge on any atom is -0.314 e. The van der Waals surface area contributed by atoms with Gasteiger partial charge in [0.2, 0.25) is 0 Å². The first-order chi connectivity index (χ1) is 7.51. The summed E-state index contributed by atoms with van der Waals surface area (Å²) in [5, 5.41) is 3.49. The van der Waals surface area contributed by atoms with Gasteiger partial charge in [-0.25, -0.2) is 8.42 Å². The molecular weight excluding hydrogens is 222 g/mol. The van der Waals surface area contributed by atoms with Crippen LogP contribution in [-0.4, -0.2) is 33.0 Å². The zero-order valence-electron chi connectivity index (χ0n) is 10.5. The van der Waals surface area contributed by atoms with E-state index in [1.54, 1.807) is 0 Å². The SMILES string of the molecule is CCC1CCCC(NCCCS(C)(=O)=O)C1. The van der Waals surface area contributed by atoms with Crippen LogP contribution >= 0.6 is 0 Å². The Morgan fingerprint density at radius 2 is 2.06 bits per heavy atom. The number of hydrogen-bond donors (Lipinski definition) is 1. The molecule has 1 aliphatic carbocycles. The summed E-state index contributed by atoms with van der Waals surface area (Å²) >= 11 is 0. The van der Waals surface area contributed by atoms with Gasteiger partial charge in [-0.05, 0) is 31.7 Å². The first-order valence-corrected chi connectivity index (χ1v) is 8.48. The minimum absolute atomic E-state index is 0.309. The molecule has 0 radical (unpaired) electrons. The van der Waals surface area contributed by atoms with Gasteiger partial charge < -0.3 is 5.32 Å². The normalized spacial score (nSPS) is 26.9. The summed E-state index contributed by atoms with van der Waals surface area (Å²) in [6, 6.07) is 0.623. The van der Waals surface area contributed by atoms with E-state index >= 15 is 0 Å². The molecule has 1 aliphatic rings. The third-order valence-electron chi connectivity index (χ3n) is 3.49. The quantitative estimate of drug-likeness (QED) is 0.730. The molecule has 1 saturated carbocycles. The highest BCUT2D eigenvalue weighted by Crippen LogP contribution is 2.26. The van der Waals surface area contributed by atoms with Gasteiger partial charge in [-0.1, -0.05) is 26.2 Å². The molecule has 0 aliphatic heterocycles. The number of hydrogen-bond acceptors (Lipinski definition) is 3. The van der Waals surface area contributed by atoms with Crippen LogP contribution in [0.15, 0.2) is 0 Å². The molecule has 1 N–H and O–H groups in total.